The van der Waals surface area contributed by atoms with E-state index >= 15 is 0 Å². The minimum Gasteiger partial charge on any atom is -0.408 e. The van der Waals surface area contributed by atoms with Crippen LogP contribution >= 0.6 is 0 Å². The Morgan fingerprint density at radius 1 is 1.50 bits per heavy atom. The van der Waals surface area contributed by atoms with Gasteiger partial charge < -0.3 is 14.4 Å². The smallest absolute Gasteiger partial charge is 0.408 e. The van der Waals surface area contributed by atoms with Gasteiger partial charge in [-0.2, -0.15) is 0 Å². The van der Waals surface area contributed by atoms with Crippen molar-refractivity contribution in [3.63, 3.8) is 0 Å². The Labute approximate surface area is 92.3 Å². The van der Waals surface area contributed by atoms with Crippen molar-refractivity contribution in [1.82, 2.24) is 9.88 Å². The van der Waals surface area contributed by atoms with E-state index in [1.54, 1.807) is 18.2 Å². The second-order valence-electron chi connectivity index (χ2n) is 4.05. The molecule has 0 aliphatic rings. The van der Waals surface area contributed by atoms with Gasteiger partial charge in [0.15, 0.2) is 5.58 Å². The first kappa shape index (κ1) is 10.9. The largest absolute Gasteiger partial charge is 0.417 e. The molecule has 0 saturated carbocycles. The summed E-state index contributed by atoms with van der Waals surface area (Å²) in [6.45, 7) is 0.528. The minimum absolute atomic E-state index is 0.473. The second-order valence-corrected chi connectivity index (χ2v) is 4.05. The number of fused-ring (bicyclic) bond motifs is 1. The van der Waals surface area contributed by atoms with Crippen molar-refractivity contribution in [2.24, 2.45) is 0 Å². The quantitative estimate of drug-likeness (QED) is 0.802. The maximum absolute atomic E-state index is 11.0. The van der Waals surface area contributed by atoms with Crippen LogP contribution in [0.1, 0.15) is 11.7 Å². The second kappa shape index (κ2) is 4.11. The summed E-state index contributed by atoms with van der Waals surface area (Å²) in [6, 6.07) is 5.19. The van der Waals surface area contributed by atoms with Gasteiger partial charge >= 0.3 is 5.76 Å². The van der Waals surface area contributed by atoms with Gasteiger partial charge in [0.05, 0.1) is 11.6 Å². The Bertz CT molecular complexity index is 541. The van der Waals surface area contributed by atoms with Crippen molar-refractivity contribution in [3.8, 4) is 0 Å². The predicted molar refractivity (Wildman–Crippen MR) is 60.3 cm³/mol. The minimum atomic E-state index is -0.584. The number of aromatic nitrogens is 1. The molecule has 0 amide bonds. The van der Waals surface area contributed by atoms with Crippen LogP contribution in [0.4, 0.5) is 0 Å². The highest BCUT2D eigenvalue weighted by Gasteiger charge is 2.10. The van der Waals surface area contributed by atoms with Gasteiger partial charge in [0, 0.05) is 6.54 Å². The number of nitrogens with one attached hydrogen (secondary N) is 1. The molecule has 1 heterocycles. The molecule has 2 rings (SSSR count). The fourth-order valence-corrected chi connectivity index (χ4v) is 1.62. The first-order chi connectivity index (χ1) is 7.56. The van der Waals surface area contributed by atoms with E-state index < -0.39 is 11.9 Å². The Hall–Kier alpha value is -1.59. The highest BCUT2D eigenvalue weighted by molar-refractivity contribution is 5.72. The molecule has 5 nitrogen and oxygen atoms in total. The first-order valence-electron chi connectivity index (χ1n) is 5.02. The lowest BCUT2D eigenvalue weighted by atomic mass is 10.1. The molecule has 5 heteroatoms. The molecule has 0 aliphatic carbocycles. The summed E-state index contributed by atoms with van der Waals surface area (Å²) in [4.78, 5) is 15.4. The first-order valence-corrected chi connectivity index (χ1v) is 5.02. The fourth-order valence-electron chi connectivity index (χ4n) is 1.62. The Balaban J connectivity index is 2.34. The number of aromatic amines is 1. The van der Waals surface area contributed by atoms with E-state index in [1.807, 2.05) is 19.0 Å². The molecule has 0 aliphatic heterocycles. The van der Waals surface area contributed by atoms with E-state index in [-0.39, 0.29) is 0 Å². The zero-order valence-electron chi connectivity index (χ0n) is 9.23. The van der Waals surface area contributed by atoms with Gasteiger partial charge in [-0.25, -0.2) is 4.79 Å². The third kappa shape index (κ3) is 2.15. The van der Waals surface area contributed by atoms with Gasteiger partial charge in [0.25, 0.3) is 0 Å². The molecule has 1 unspecified atom stereocenters. The van der Waals surface area contributed by atoms with Gasteiger partial charge in [0.1, 0.15) is 0 Å². The summed E-state index contributed by atoms with van der Waals surface area (Å²) in [5.41, 5.74) is 1.86. The normalized spacial score (nSPS) is 13.5. The lowest BCUT2D eigenvalue weighted by Crippen LogP contribution is -2.19. The molecule has 86 valence electrons. The molecular weight excluding hydrogens is 208 g/mol. The highest BCUT2D eigenvalue weighted by Crippen LogP contribution is 2.18. The number of H-pyrrole nitrogens is 1. The number of rotatable bonds is 3. The fraction of sp³-hybridized carbons (Fsp3) is 0.364. The van der Waals surface area contributed by atoms with Crippen molar-refractivity contribution in [1.29, 1.82) is 0 Å². The number of nitrogens with zero attached hydrogens (tertiary/aromatic N) is 1. The zero-order chi connectivity index (χ0) is 11.7. The Morgan fingerprint density at radius 2 is 2.25 bits per heavy atom. The summed E-state index contributed by atoms with van der Waals surface area (Å²) in [5, 5.41) is 9.89. The summed E-state index contributed by atoms with van der Waals surface area (Å²) in [5.74, 6) is -0.478. The van der Waals surface area contributed by atoms with Crippen LogP contribution in [0.25, 0.3) is 11.1 Å². The molecule has 0 radical (unpaired) electrons. The number of benzene rings is 1. The summed E-state index contributed by atoms with van der Waals surface area (Å²) in [7, 11) is 3.77. The number of oxazole rings is 1. The van der Waals surface area contributed by atoms with Gasteiger partial charge in [-0.1, -0.05) is 6.07 Å². The number of aliphatic hydroxyl groups is 1. The standard InChI is InChI=1S/C11H14N2O3/c1-13(2)6-9(14)7-3-4-8-10(5-7)16-11(15)12-8/h3-5,9,14H,6H2,1-2H3,(H,12,15). The van der Waals surface area contributed by atoms with Crippen molar-refractivity contribution in [2.75, 3.05) is 20.6 Å². The van der Waals surface area contributed by atoms with Gasteiger partial charge in [-0.05, 0) is 31.8 Å². The van der Waals surface area contributed by atoms with Crippen LogP contribution in [0.15, 0.2) is 27.4 Å². The number of likely N-dealkylation sites (N-methyl/N-ethyl adjacent to an activating group) is 1. The average Bonchev–Trinajstić information content (AvgIpc) is 2.55. The summed E-state index contributed by atoms with van der Waals surface area (Å²) < 4.78 is 4.93. The Kier molecular flexibility index (Phi) is 2.80. The average molecular weight is 222 g/mol. The summed E-state index contributed by atoms with van der Waals surface area (Å²) in [6.07, 6.45) is -0.584. The van der Waals surface area contributed by atoms with Crippen molar-refractivity contribution in [2.45, 2.75) is 6.10 Å². The molecule has 1 aromatic carbocycles. The molecule has 2 aromatic rings. The molecule has 0 bridgehead atoms. The SMILES string of the molecule is CN(C)CC(O)c1ccc2[nH]c(=O)oc2c1. The monoisotopic (exact) mass is 222 g/mol. The van der Waals surface area contributed by atoms with E-state index in [9.17, 15) is 9.90 Å². The molecule has 2 N–H and O–H groups in total. The lowest BCUT2D eigenvalue weighted by molar-refractivity contribution is 0.138. The maximum atomic E-state index is 11.0. The molecule has 0 saturated heterocycles. The molecule has 0 fully saturated rings. The van der Waals surface area contributed by atoms with E-state index in [0.717, 1.165) is 5.56 Å². The van der Waals surface area contributed by atoms with Crippen LogP contribution in [0.3, 0.4) is 0 Å². The van der Waals surface area contributed by atoms with Crippen LogP contribution in [-0.2, 0) is 0 Å². The third-order valence-electron chi connectivity index (χ3n) is 2.37. The molecule has 0 spiro atoms. The van der Waals surface area contributed by atoms with E-state index in [2.05, 4.69) is 4.98 Å². The van der Waals surface area contributed by atoms with Crippen LogP contribution < -0.4 is 5.76 Å². The lowest BCUT2D eigenvalue weighted by Gasteiger charge is -2.15. The zero-order valence-corrected chi connectivity index (χ0v) is 9.23. The number of aliphatic hydroxyl groups excluding tert-OH is 1. The molecular formula is C11H14N2O3. The van der Waals surface area contributed by atoms with E-state index in [0.29, 0.717) is 17.6 Å². The van der Waals surface area contributed by atoms with Crippen LogP contribution in [-0.4, -0.2) is 35.6 Å². The van der Waals surface area contributed by atoms with Crippen molar-refractivity contribution < 1.29 is 9.52 Å². The molecule has 16 heavy (non-hydrogen) atoms. The maximum Gasteiger partial charge on any atom is 0.417 e. The van der Waals surface area contributed by atoms with Gasteiger partial charge in [-0.15, -0.1) is 0 Å². The number of hydrogen-bond acceptors (Lipinski definition) is 4. The predicted octanol–water partition coefficient (Wildman–Crippen LogP) is 0.716. The van der Waals surface area contributed by atoms with Crippen molar-refractivity contribution >= 4 is 11.1 Å². The Morgan fingerprint density at radius 3 is 2.94 bits per heavy atom. The summed E-state index contributed by atoms with van der Waals surface area (Å²) >= 11 is 0. The molecule has 1 atom stereocenters. The molecule has 1 aromatic heterocycles. The highest BCUT2D eigenvalue weighted by atomic mass is 16.4. The third-order valence-corrected chi connectivity index (χ3v) is 2.37. The van der Waals surface area contributed by atoms with Gasteiger partial charge in [0.2, 0.25) is 0 Å². The van der Waals surface area contributed by atoms with Crippen LogP contribution in [0.2, 0.25) is 0 Å². The van der Waals surface area contributed by atoms with Crippen LogP contribution in [0.5, 0.6) is 0 Å². The van der Waals surface area contributed by atoms with E-state index in [4.69, 9.17) is 4.42 Å². The topological polar surface area (TPSA) is 69.5 Å². The van der Waals surface area contributed by atoms with Crippen LogP contribution in [0, 0.1) is 0 Å². The van der Waals surface area contributed by atoms with Gasteiger partial charge in [-0.3, -0.25) is 4.98 Å². The van der Waals surface area contributed by atoms with Crippen molar-refractivity contribution in [3.05, 3.63) is 34.3 Å². The van der Waals surface area contributed by atoms with E-state index in [1.165, 1.54) is 0 Å². The number of hydrogen-bond donors (Lipinski definition) is 2.